The zero-order chi connectivity index (χ0) is 7.98. The van der Waals surface area contributed by atoms with Gasteiger partial charge in [0, 0.05) is 21.1 Å². The molecule has 0 atom stereocenters. The molecule has 0 aromatic rings. The molecule has 0 rings (SSSR count). The maximum atomic E-state index is 3.82. The standard InChI is InChI=1S/C10H16.Pt/c1-5-10(4)8-6-7-9(2)3;/h5,7H,1,4,6,8H2,2-3H3;. The van der Waals surface area contributed by atoms with Crippen LogP contribution in [0.15, 0.2) is 36.5 Å². The zero-order valence-electron chi connectivity index (χ0n) is 7.30. The van der Waals surface area contributed by atoms with Crippen LogP contribution < -0.4 is 0 Å². The molecule has 66 valence electrons. The second kappa shape index (κ2) is 8.01. The smallest absolute Gasteiger partial charge is 0 e. The molecule has 0 N–H and O–H groups in total. The summed E-state index contributed by atoms with van der Waals surface area (Å²) < 4.78 is 0. The molecule has 11 heavy (non-hydrogen) atoms. The van der Waals surface area contributed by atoms with E-state index in [9.17, 15) is 0 Å². The van der Waals surface area contributed by atoms with Crippen molar-refractivity contribution in [1.82, 2.24) is 0 Å². The summed E-state index contributed by atoms with van der Waals surface area (Å²) in [6, 6.07) is 0. The van der Waals surface area contributed by atoms with Crippen LogP contribution in [0.4, 0.5) is 0 Å². The molecule has 0 spiro atoms. The topological polar surface area (TPSA) is 0 Å². The average molecular weight is 331 g/mol. The predicted octanol–water partition coefficient (Wildman–Crippen LogP) is 3.47. The Morgan fingerprint density at radius 3 is 2.27 bits per heavy atom. The monoisotopic (exact) mass is 331 g/mol. The van der Waals surface area contributed by atoms with E-state index in [0.717, 1.165) is 18.4 Å². The Morgan fingerprint density at radius 1 is 1.36 bits per heavy atom. The van der Waals surface area contributed by atoms with Crippen LogP contribution in [-0.2, 0) is 21.1 Å². The number of hydrogen-bond acceptors (Lipinski definition) is 0. The summed E-state index contributed by atoms with van der Waals surface area (Å²) in [4.78, 5) is 0. The van der Waals surface area contributed by atoms with Crippen LogP contribution in [0.25, 0.3) is 0 Å². The first-order valence-electron chi connectivity index (χ1n) is 3.60. The van der Waals surface area contributed by atoms with Gasteiger partial charge in [-0.3, -0.25) is 0 Å². The fourth-order valence-electron chi connectivity index (χ4n) is 0.648. The van der Waals surface area contributed by atoms with E-state index in [1.165, 1.54) is 5.57 Å². The normalized spacial score (nSPS) is 7.82. The van der Waals surface area contributed by atoms with Gasteiger partial charge in [-0.2, -0.15) is 0 Å². The van der Waals surface area contributed by atoms with Crippen molar-refractivity contribution in [3.63, 3.8) is 0 Å². The van der Waals surface area contributed by atoms with E-state index >= 15 is 0 Å². The summed E-state index contributed by atoms with van der Waals surface area (Å²) in [5.74, 6) is 0. The summed E-state index contributed by atoms with van der Waals surface area (Å²) in [6.45, 7) is 11.7. The van der Waals surface area contributed by atoms with Gasteiger partial charge in [-0.15, -0.1) is 0 Å². The molecular formula is C10H16Pt. The minimum absolute atomic E-state index is 0. The van der Waals surface area contributed by atoms with Crippen LogP contribution in [0.2, 0.25) is 0 Å². The van der Waals surface area contributed by atoms with Gasteiger partial charge in [0.15, 0.2) is 0 Å². The zero-order valence-corrected chi connectivity index (χ0v) is 9.57. The Bertz CT molecular complexity index is 150. The largest absolute Gasteiger partial charge is 0.0988 e. The molecule has 0 aromatic heterocycles. The molecule has 0 amide bonds. The van der Waals surface area contributed by atoms with Gasteiger partial charge in [0.05, 0.1) is 0 Å². The van der Waals surface area contributed by atoms with Crippen LogP contribution in [0.1, 0.15) is 26.7 Å². The van der Waals surface area contributed by atoms with Crippen molar-refractivity contribution in [3.8, 4) is 0 Å². The molecule has 0 fully saturated rings. The Morgan fingerprint density at radius 2 is 1.91 bits per heavy atom. The summed E-state index contributed by atoms with van der Waals surface area (Å²) in [5.41, 5.74) is 2.49. The molecule has 0 aromatic carbocycles. The third-order valence-electron chi connectivity index (χ3n) is 1.31. The molecule has 0 aliphatic rings. The van der Waals surface area contributed by atoms with E-state index < -0.39 is 0 Å². The number of rotatable bonds is 4. The molecule has 1 heteroatoms. The third-order valence-corrected chi connectivity index (χ3v) is 1.31. The van der Waals surface area contributed by atoms with E-state index in [1.807, 2.05) is 6.08 Å². The van der Waals surface area contributed by atoms with Crippen molar-refractivity contribution >= 4 is 0 Å². The van der Waals surface area contributed by atoms with Crippen molar-refractivity contribution in [1.29, 1.82) is 0 Å². The van der Waals surface area contributed by atoms with Crippen LogP contribution in [0.3, 0.4) is 0 Å². The first kappa shape index (κ1) is 13.5. The summed E-state index contributed by atoms with van der Waals surface area (Å²) in [6.07, 6.45) is 6.16. The van der Waals surface area contributed by atoms with E-state index in [0.29, 0.717) is 0 Å². The van der Waals surface area contributed by atoms with Gasteiger partial charge < -0.3 is 0 Å². The second-order valence-electron chi connectivity index (χ2n) is 2.68. The van der Waals surface area contributed by atoms with Crippen molar-refractivity contribution in [2.24, 2.45) is 0 Å². The van der Waals surface area contributed by atoms with Crippen molar-refractivity contribution in [2.45, 2.75) is 26.7 Å². The van der Waals surface area contributed by atoms with Crippen LogP contribution in [0, 0.1) is 0 Å². The summed E-state index contributed by atoms with van der Waals surface area (Å²) >= 11 is 0. The van der Waals surface area contributed by atoms with Crippen LogP contribution in [0.5, 0.6) is 0 Å². The summed E-state index contributed by atoms with van der Waals surface area (Å²) in [5, 5.41) is 0. The van der Waals surface area contributed by atoms with Gasteiger partial charge in [-0.25, -0.2) is 0 Å². The quantitative estimate of drug-likeness (QED) is 0.547. The van der Waals surface area contributed by atoms with Gasteiger partial charge in [0.25, 0.3) is 0 Å². The second-order valence-corrected chi connectivity index (χ2v) is 2.68. The van der Waals surface area contributed by atoms with Gasteiger partial charge >= 0.3 is 0 Å². The number of allylic oxidation sites excluding steroid dienone is 4. The first-order valence-corrected chi connectivity index (χ1v) is 3.60. The van der Waals surface area contributed by atoms with Gasteiger partial charge in [0.1, 0.15) is 0 Å². The van der Waals surface area contributed by atoms with Crippen molar-refractivity contribution < 1.29 is 21.1 Å². The van der Waals surface area contributed by atoms with Crippen LogP contribution in [-0.4, -0.2) is 0 Å². The van der Waals surface area contributed by atoms with E-state index in [-0.39, 0.29) is 21.1 Å². The van der Waals surface area contributed by atoms with E-state index in [2.05, 4.69) is 33.1 Å². The van der Waals surface area contributed by atoms with Gasteiger partial charge in [-0.05, 0) is 26.7 Å². The molecular weight excluding hydrogens is 315 g/mol. The summed E-state index contributed by atoms with van der Waals surface area (Å²) in [7, 11) is 0. The first-order chi connectivity index (χ1) is 4.66. The molecule has 0 aliphatic heterocycles. The third kappa shape index (κ3) is 9.91. The molecule has 0 saturated heterocycles. The molecule has 0 aliphatic carbocycles. The van der Waals surface area contributed by atoms with Gasteiger partial charge in [0.2, 0.25) is 0 Å². The number of hydrogen-bond donors (Lipinski definition) is 0. The maximum Gasteiger partial charge on any atom is 0 e. The van der Waals surface area contributed by atoms with Crippen LogP contribution >= 0.6 is 0 Å². The predicted molar refractivity (Wildman–Crippen MR) is 48.0 cm³/mol. The maximum absolute atomic E-state index is 3.82. The minimum atomic E-state index is 0. The molecule has 0 bridgehead atoms. The SMILES string of the molecule is C=CC(=C)CCC=C(C)C.[Pt]. The fraction of sp³-hybridized carbons (Fsp3) is 0.400. The van der Waals surface area contributed by atoms with E-state index in [1.54, 1.807) is 0 Å². The molecule has 0 unspecified atom stereocenters. The van der Waals surface area contributed by atoms with Gasteiger partial charge in [-0.1, -0.05) is 36.5 Å². The fourth-order valence-corrected chi connectivity index (χ4v) is 0.648. The average Bonchev–Trinajstić information content (AvgIpc) is 1.87. The van der Waals surface area contributed by atoms with Crippen molar-refractivity contribution in [3.05, 3.63) is 36.5 Å². The van der Waals surface area contributed by atoms with E-state index in [4.69, 9.17) is 0 Å². The molecule has 0 saturated carbocycles. The Hall–Kier alpha value is -0.0917. The molecule has 0 radical (unpaired) electrons. The molecule has 0 nitrogen and oxygen atoms in total. The Labute approximate surface area is 84.3 Å². The minimum Gasteiger partial charge on any atom is -0.0988 e. The molecule has 0 heterocycles. The van der Waals surface area contributed by atoms with Crippen molar-refractivity contribution in [2.75, 3.05) is 0 Å². The Balaban J connectivity index is 0. The Kier molecular flexibility index (Phi) is 9.83.